The van der Waals surface area contributed by atoms with Crippen LogP contribution in [0.5, 0.6) is 0 Å². The van der Waals surface area contributed by atoms with Crippen molar-refractivity contribution in [2.24, 2.45) is 0 Å². The number of para-hydroxylation sites is 1. The van der Waals surface area contributed by atoms with Crippen molar-refractivity contribution in [1.29, 1.82) is 0 Å². The van der Waals surface area contributed by atoms with Crippen LogP contribution >= 0.6 is 12.2 Å². The first-order valence-corrected chi connectivity index (χ1v) is 16.0. The Balaban J connectivity index is 1.09. The summed E-state index contributed by atoms with van der Waals surface area (Å²) < 4.78 is 13.7. The molecule has 3 aliphatic rings. The number of piperazine rings is 1. The molecule has 1 aromatic heterocycles. The van der Waals surface area contributed by atoms with Crippen LogP contribution in [0.15, 0.2) is 84.9 Å². The van der Waals surface area contributed by atoms with Crippen LogP contribution in [-0.4, -0.2) is 47.8 Å². The average Bonchev–Trinajstić information content (AvgIpc) is 3.73. The quantitative estimate of drug-likeness (QED) is 0.239. The molecule has 9 heteroatoms. The Labute approximate surface area is 264 Å². The van der Waals surface area contributed by atoms with E-state index in [4.69, 9.17) is 22.2 Å². The van der Waals surface area contributed by atoms with Crippen LogP contribution in [0, 0.1) is 5.82 Å². The third-order valence-electron chi connectivity index (χ3n) is 9.42. The van der Waals surface area contributed by atoms with E-state index in [1.54, 1.807) is 12.1 Å². The standard InChI is InChI=1S/C35H38FN7S/c36-29-14-12-28(13-15-29)35(16-6-7-17-35)25-37-34(44)40-33-38-31(42-20-18-41(19-21-42)30-10-2-1-3-11-30)22-32(39-33)43-23-26-8-4-5-9-27(26)24-43/h1-5,8-15,22H,6-7,16-21,23-25H2,(H2,37,38,39,40,44). The summed E-state index contributed by atoms with van der Waals surface area (Å²) in [5.41, 5.74) is 5.02. The second kappa shape index (κ2) is 12.4. The number of hydrogen-bond donors (Lipinski definition) is 2. The molecule has 0 bridgehead atoms. The average molecular weight is 608 g/mol. The Hall–Kier alpha value is -4.24. The van der Waals surface area contributed by atoms with Gasteiger partial charge in [0.1, 0.15) is 17.5 Å². The third-order valence-corrected chi connectivity index (χ3v) is 9.67. The van der Waals surface area contributed by atoms with E-state index in [9.17, 15) is 4.39 Å². The number of anilines is 4. The van der Waals surface area contributed by atoms with Crippen molar-refractivity contribution < 1.29 is 4.39 Å². The number of nitrogens with one attached hydrogen (secondary N) is 2. The van der Waals surface area contributed by atoms with Gasteiger partial charge < -0.3 is 25.3 Å². The van der Waals surface area contributed by atoms with Gasteiger partial charge in [0.2, 0.25) is 5.95 Å². The molecule has 2 aliphatic heterocycles. The molecule has 3 heterocycles. The van der Waals surface area contributed by atoms with Gasteiger partial charge >= 0.3 is 0 Å². The highest BCUT2D eigenvalue weighted by atomic mass is 32.1. The molecule has 4 aromatic rings. The van der Waals surface area contributed by atoms with Crippen LogP contribution in [0.2, 0.25) is 0 Å². The number of rotatable bonds is 7. The van der Waals surface area contributed by atoms with Crippen molar-refractivity contribution in [1.82, 2.24) is 15.3 Å². The zero-order valence-electron chi connectivity index (χ0n) is 24.9. The van der Waals surface area contributed by atoms with Crippen LogP contribution in [-0.2, 0) is 18.5 Å². The van der Waals surface area contributed by atoms with Crippen molar-refractivity contribution >= 4 is 40.6 Å². The fraction of sp³-hybridized carbons (Fsp3) is 0.343. The maximum atomic E-state index is 13.7. The van der Waals surface area contributed by atoms with E-state index in [1.165, 1.54) is 16.8 Å². The maximum Gasteiger partial charge on any atom is 0.232 e. The maximum absolute atomic E-state index is 13.7. The van der Waals surface area contributed by atoms with Crippen LogP contribution < -0.4 is 25.3 Å². The summed E-state index contributed by atoms with van der Waals surface area (Å²) in [5.74, 6) is 2.09. The second-order valence-electron chi connectivity index (χ2n) is 12.1. The molecule has 0 amide bonds. The van der Waals surface area contributed by atoms with Crippen LogP contribution in [0.3, 0.4) is 0 Å². The first-order chi connectivity index (χ1) is 21.5. The van der Waals surface area contributed by atoms with Gasteiger partial charge in [-0.25, -0.2) is 4.39 Å². The largest absolute Gasteiger partial charge is 0.368 e. The summed E-state index contributed by atoms with van der Waals surface area (Å²) in [5, 5.41) is 7.28. The van der Waals surface area contributed by atoms with Crippen LogP contribution in [0.4, 0.5) is 27.7 Å². The number of nitrogens with zero attached hydrogens (tertiary/aromatic N) is 5. The first-order valence-electron chi connectivity index (χ1n) is 15.6. The molecule has 226 valence electrons. The van der Waals surface area contributed by atoms with E-state index in [0.717, 1.165) is 82.2 Å². The number of fused-ring (bicyclic) bond motifs is 1. The van der Waals surface area contributed by atoms with E-state index < -0.39 is 0 Å². The zero-order valence-corrected chi connectivity index (χ0v) is 25.7. The fourth-order valence-electron chi connectivity index (χ4n) is 6.95. The SMILES string of the molecule is Fc1ccc(C2(CNC(=S)Nc3nc(N4CCN(c5ccccc5)CC4)cc(N4Cc5ccccc5C4)n3)CCCC2)cc1. The molecule has 1 saturated heterocycles. The molecule has 3 aromatic carbocycles. The Morgan fingerprint density at radius 1 is 0.750 bits per heavy atom. The smallest absolute Gasteiger partial charge is 0.232 e. The number of benzene rings is 3. The number of thiocarbonyl (C=S) groups is 1. The predicted molar refractivity (Wildman–Crippen MR) is 180 cm³/mol. The predicted octanol–water partition coefficient (Wildman–Crippen LogP) is 6.26. The Morgan fingerprint density at radius 3 is 2.00 bits per heavy atom. The van der Waals surface area contributed by atoms with E-state index >= 15 is 0 Å². The molecule has 1 saturated carbocycles. The molecule has 7 nitrogen and oxygen atoms in total. The molecule has 1 aliphatic carbocycles. The molecule has 44 heavy (non-hydrogen) atoms. The number of hydrogen-bond acceptors (Lipinski definition) is 6. The summed E-state index contributed by atoms with van der Waals surface area (Å²) in [6.07, 6.45) is 4.41. The first kappa shape index (κ1) is 28.5. The number of halogens is 1. The van der Waals surface area contributed by atoms with Crippen molar-refractivity contribution in [3.8, 4) is 0 Å². The Kier molecular flexibility index (Phi) is 8.04. The van der Waals surface area contributed by atoms with E-state index in [1.807, 2.05) is 12.1 Å². The van der Waals surface area contributed by atoms with E-state index in [-0.39, 0.29) is 11.2 Å². The molecule has 0 unspecified atom stereocenters. The molecule has 2 fully saturated rings. The topological polar surface area (TPSA) is 59.6 Å². The third kappa shape index (κ3) is 6.06. The number of aromatic nitrogens is 2. The molecular formula is C35H38FN7S. The lowest BCUT2D eigenvalue weighted by Crippen LogP contribution is -2.47. The van der Waals surface area contributed by atoms with Gasteiger partial charge in [-0.05, 0) is 66.0 Å². The summed E-state index contributed by atoms with van der Waals surface area (Å²) in [6, 6.07) is 28.2. The lowest BCUT2D eigenvalue weighted by molar-refractivity contribution is 0.434. The van der Waals surface area contributed by atoms with Gasteiger partial charge in [0.25, 0.3) is 0 Å². The van der Waals surface area contributed by atoms with Gasteiger partial charge in [0.15, 0.2) is 5.11 Å². The van der Waals surface area contributed by atoms with Gasteiger partial charge in [-0.15, -0.1) is 0 Å². The minimum atomic E-state index is -0.206. The second-order valence-corrected chi connectivity index (χ2v) is 12.6. The normalized spacial score (nSPS) is 17.4. The fourth-order valence-corrected chi connectivity index (χ4v) is 7.11. The van der Waals surface area contributed by atoms with Crippen molar-refractivity contribution in [3.05, 3.63) is 107 Å². The van der Waals surface area contributed by atoms with Crippen molar-refractivity contribution in [2.45, 2.75) is 44.2 Å². The van der Waals surface area contributed by atoms with Crippen molar-refractivity contribution in [3.63, 3.8) is 0 Å². The highest BCUT2D eigenvalue weighted by Crippen LogP contribution is 2.40. The molecule has 0 radical (unpaired) electrons. The highest BCUT2D eigenvalue weighted by molar-refractivity contribution is 7.80. The van der Waals surface area contributed by atoms with E-state index in [2.05, 4.69) is 86.0 Å². The highest BCUT2D eigenvalue weighted by Gasteiger charge is 2.35. The molecule has 7 rings (SSSR count). The summed E-state index contributed by atoms with van der Waals surface area (Å²) in [4.78, 5) is 17.0. The van der Waals surface area contributed by atoms with Gasteiger partial charge in [0.05, 0.1) is 0 Å². The zero-order chi connectivity index (χ0) is 29.9. The minimum Gasteiger partial charge on any atom is -0.368 e. The van der Waals surface area contributed by atoms with Gasteiger partial charge in [-0.2, -0.15) is 9.97 Å². The summed E-state index contributed by atoms with van der Waals surface area (Å²) in [7, 11) is 0. The summed E-state index contributed by atoms with van der Waals surface area (Å²) in [6.45, 7) is 5.90. The monoisotopic (exact) mass is 607 g/mol. The van der Waals surface area contributed by atoms with Gasteiger partial charge in [0, 0.05) is 63.0 Å². The molecule has 0 spiro atoms. The Morgan fingerprint density at radius 2 is 1.34 bits per heavy atom. The Bertz CT molecular complexity index is 1570. The van der Waals surface area contributed by atoms with Crippen LogP contribution in [0.25, 0.3) is 0 Å². The van der Waals surface area contributed by atoms with E-state index in [0.29, 0.717) is 17.6 Å². The minimum absolute atomic E-state index is 0.0624. The van der Waals surface area contributed by atoms with Gasteiger partial charge in [-0.1, -0.05) is 67.4 Å². The molecule has 2 N–H and O–H groups in total. The lowest BCUT2D eigenvalue weighted by atomic mass is 9.79. The summed E-state index contributed by atoms with van der Waals surface area (Å²) >= 11 is 5.80. The van der Waals surface area contributed by atoms with Crippen molar-refractivity contribution in [2.75, 3.05) is 52.7 Å². The molecule has 0 atom stereocenters. The van der Waals surface area contributed by atoms with Crippen LogP contribution in [0.1, 0.15) is 42.4 Å². The molecular weight excluding hydrogens is 569 g/mol. The van der Waals surface area contributed by atoms with Gasteiger partial charge in [-0.3, -0.25) is 0 Å². The lowest BCUT2D eigenvalue weighted by Gasteiger charge is -2.37.